The molecular formula is C23H29N3O7S. The van der Waals surface area contributed by atoms with E-state index in [2.05, 4.69) is 10.6 Å². The van der Waals surface area contributed by atoms with Crippen molar-refractivity contribution in [1.82, 2.24) is 15.5 Å². The van der Waals surface area contributed by atoms with Gasteiger partial charge in [-0.2, -0.15) is 0 Å². The number of benzene rings is 1. The molecule has 1 fully saturated rings. The number of thioether (sulfide) groups is 1. The average molecular weight is 492 g/mol. The molecule has 0 bridgehead atoms. The molecule has 3 N–H and O–H groups in total. The highest BCUT2D eigenvalue weighted by molar-refractivity contribution is 8.00. The van der Waals surface area contributed by atoms with E-state index in [0.29, 0.717) is 16.9 Å². The van der Waals surface area contributed by atoms with Crippen molar-refractivity contribution in [3.05, 3.63) is 47.2 Å². The summed E-state index contributed by atoms with van der Waals surface area (Å²) >= 11 is 1.30. The summed E-state index contributed by atoms with van der Waals surface area (Å²) < 4.78 is 11.1. The predicted octanol–water partition coefficient (Wildman–Crippen LogP) is 2.38. The number of ether oxygens (including phenoxy) is 2. The van der Waals surface area contributed by atoms with E-state index in [9.17, 15) is 24.3 Å². The van der Waals surface area contributed by atoms with Crippen molar-refractivity contribution in [2.24, 2.45) is 0 Å². The van der Waals surface area contributed by atoms with Gasteiger partial charge in [-0.25, -0.2) is 9.59 Å². The predicted molar refractivity (Wildman–Crippen MR) is 124 cm³/mol. The highest BCUT2D eigenvalue weighted by Gasteiger charge is 2.67. The smallest absolute Gasteiger partial charge is 0.408 e. The number of aliphatic carboxylic acids is 1. The van der Waals surface area contributed by atoms with Crippen LogP contribution in [0.4, 0.5) is 4.79 Å². The van der Waals surface area contributed by atoms with E-state index < -0.39 is 46.6 Å². The lowest BCUT2D eigenvalue weighted by Gasteiger charge is -2.56. The molecule has 2 heterocycles. The summed E-state index contributed by atoms with van der Waals surface area (Å²) in [6.45, 7) is 8.51. The molecule has 1 aromatic carbocycles. The Kier molecular flexibility index (Phi) is 7.27. The lowest BCUT2D eigenvalue weighted by molar-refractivity contribution is -0.198. The molecule has 2 aliphatic heterocycles. The minimum Gasteiger partial charge on any atom is -0.477 e. The van der Waals surface area contributed by atoms with Gasteiger partial charge in [-0.3, -0.25) is 14.5 Å². The van der Waals surface area contributed by atoms with E-state index in [-0.39, 0.29) is 12.3 Å². The van der Waals surface area contributed by atoms with Gasteiger partial charge in [0.15, 0.2) is 0 Å². The van der Waals surface area contributed by atoms with Gasteiger partial charge < -0.3 is 25.2 Å². The molecule has 3 atom stereocenters. The number of nitrogens with zero attached hydrogens (tertiary/aromatic N) is 1. The molecule has 184 valence electrons. The van der Waals surface area contributed by atoms with Crippen LogP contribution in [-0.2, 0) is 23.9 Å². The highest BCUT2D eigenvalue weighted by Crippen LogP contribution is 2.47. The fraction of sp³-hybridized carbons (Fsp3) is 0.478. The standard InChI is InChI=1S/C23H29N3O7S/c1-6-32-23(19(30)26-16(18(28)29)13(2)12-34-20(23)26)25-17(27)15(14-10-8-7-9-11-14)24-21(31)33-22(3,4)5/h7-11,15,20H,6,12H2,1-5H3,(H,24,31)(H,25,27)(H,28,29)/t15?,20-,23?/m0/s1. The largest absolute Gasteiger partial charge is 0.477 e. The Hall–Kier alpha value is -3.05. The SMILES string of the molecule is CCOC1(NC(=O)C(NC(=O)OC(C)(C)C)c2ccccc2)C(=O)N2C(C(=O)O)=C(C)CS[C@H]21. The van der Waals surface area contributed by atoms with E-state index in [4.69, 9.17) is 9.47 Å². The normalized spacial score (nSPS) is 22.9. The number of hydrogen-bond acceptors (Lipinski definition) is 7. The molecule has 34 heavy (non-hydrogen) atoms. The number of hydrogen-bond donors (Lipinski definition) is 3. The fourth-order valence-corrected chi connectivity index (χ4v) is 5.18. The lowest BCUT2D eigenvalue weighted by atomic mass is 9.97. The number of carbonyl (C=O) groups is 4. The summed E-state index contributed by atoms with van der Waals surface area (Å²) in [6, 6.07) is 7.33. The first-order valence-corrected chi connectivity index (χ1v) is 11.8. The number of carboxylic acid groups (broad SMARTS) is 1. The first kappa shape index (κ1) is 25.6. The van der Waals surface area contributed by atoms with E-state index in [1.54, 1.807) is 65.0 Å². The van der Waals surface area contributed by atoms with Crippen LogP contribution in [0, 0.1) is 0 Å². The summed E-state index contributed by atoms with van der Waals surface area (Å²) in [6.07, 6.45) is -0.803. The third-order valence-electron chi connectivity index (χ3n) is 5.16. The lowest BCUT2D eigenvalue weighted by Crippen LogP contribution is -2.81. The van der Waals surface area contributed by atoms with Crippen LogP contribution in [-0.4, -0.2) is 62.9 Å². The Balaban J connectivity index is 1.90. The van der Waals surface area contributed by atoms with E-state index >= 15 is 0 Å². The van der Waals surface area contributed by atoms with Crippen molar-refractivity contribution in [2.75, 3.05) is 12.4 Å². The summed E-state index contributed by atoms with van der Waals surface area (Å²) in [5, 5.41) is 14.1. The van der Waals surface area contributed by atoms with Crippen LogP contribution >= 0.6 is 11.8 Å². The summed E-state index contributed by atoms with van der Waals surface area (Å²) in [5.41, 5.74) is -1.63. The van der Waals surface area contributed by atoms with Crippen molar-refractivity contribution in [2.45, 2.75) is 57.4 Å². The zero-order chi connectivity index (χ0) is 25.3. The molecule has 3 rings (SSSR count). The minimum atomic E-state index is -1.76. The number of carbonyl (C=O) groups excluding carboxylic acids is 3. The van der Waals surface area contributed by atoms with Gasteiger partial charge in [-0.15, -0.1) is 11.8 Å². The van der Waals surface area contributed by atoms with Gasteiger partial charge in [0, 0.05) is 12.4 Å². The van der Waals surface area contributed by atoms with Crippen molar-refractivity contribution >= 4 is 35.6 Å². The number of rotatable bonds is 7. The summed E-state index contributed by atoms with van der Waals surface area (Å²) in [7, 11) is 0. The first-order chi connectivity index (χ1) is 15.9. The van der Waals surface area contributed by atoms with E-state index in [0.717, 1.165) is 4.90 Å². The molecule has 0 aliphatic carbocycles. The molecule has 0 radical (unpaired) electrons. The molecule has 1 saturated heterocycles. The first-order valence-electron chi connectivity index (χ1n) is 10.8. The van der Waals surface area contributed by atoms with Crippen molar-refractivity contribution in [3.63, 3.8) is 0 Å². The molecule has 0 saturated carbocycles. The average Bonchev–Trinajstić information content (AvgIpc) is 2.75. The summed E-state index contributed by atoms with van der Waals surface area (Å²) in [4.78, 5) is 52.1. The van der Waals surface area contributed by atoms with Crippen LogP contribution in [0.25, 0.3) is 0 Å². The molecule has 2 aliphatic rings. The fourth-order valence-electron chi connectivity index (χ4n) is 3.82. The summed E-state index contributed by atoms with van der Waals surface area (Å²) in [5.74, 6) is -2.23. The van der Waals surface area contributed by atoms with Crippen LogP contribution in [0.1, 0.15) is 46.2 Å². The van der Waals surface area contributed by atoms with Crippen LogP contribution in [0.2, 0.25) is 0 Å². The Labute approximate surface area is 202 Å². The number of amides is 3. The van der Waals surface area contributed by atoms with Gasteiger partial charge in [0.05, 0.1) is 0 Å². The van der Waals surface area contributed by atoms with Crippen LogP contribution < -0.4 is 10.6 Å². The van der Waals surface area contributed by atoms with Gasteiger partial charge >= 0.3 is 12.1 Å². The molecule has 1 aromatic rings. The second-order valence-electron chi connectivity index (χ2n) is 8.92. The third-order valence-corrected chi connectivity index (χ3v) is 6.62. The van der Waals surface area contributed by atoms with Gasteiger partial charge in [0.25, 0.3) is 11.6 Å². The molecular weight excluding hydrogens is 462 g/mol. The maximum absolute atomic E-state index is 13.5. The molecule has 11 heteroatoms. The van der Waals surface area contributed by atoms with Crippen LogP contribution in [0.3, 0.4) is 0 Å². The van der Waals surface area contributed by atoms with E-state index in [1.807, 2.05) is 0 Å². The Morgan fingerprint density at radius 2 is 1.91 bits per heavy atom. The molecule has 3 amide bonds. The van der Waals surface area contributed by atoms with E-state index in [1.165, 1.54) is 11.8 Å². The van der Waals surface area contributed by atoms with Gasteiger partial charge in [-0.1, -0.05) is 30.3 Å². The number of β-lactam (4-membered cyclic amide) rings is 1. The van der Waals surface area contributed by atoms with Crippen molar-refractivity contribution < 1.29 is 33.8 Å². The van der Waals surface area contributed by atoms with Gasteiger partial charge in [0.1, 0.15) is 22.7 Å². The van der Waals surface area contributed by atoms with Gasteiger partial charge in [-0.05, 0) is 45.8 Å². The molecule has 0 aromatic heterocycles. The van der Waals surface area contributed by atoms with Gasteiger partial charge in [0.2, 0.25) is 5.91 Å². The Morgan fingerprint density at radius 1 is 1.26 bits per heavy atom. The Bertz CT molecular complexity index is 1020. The van der Waals surface area contributed by atoms with Crippen LogP contribution in [0.15, 0.2) is 41.6 Å². The molecule has 10 nitrogen and oxygen atoms in total. The van der Waals surface area contributed by atoms with Crippen LogP contribution in [0.5, 0.6) is 0 Å². The second-order valence-corrected chi connectivity index (χ2v) is 9.99. The zero-order valence-electron chi connectivity index (χ0n) is 19.7. The van der Waals surface area contributed by atoms with Crippen molar-refractivity contribution in [3.8, 4) is 0 Å². The highest BCUT2D eigenvalue weighted by atomic mass is 32.2. The topological polar surface area (TPSA) is 134 Å². The number of alkyl carbamates (subject to hydrolysis) is 1. The molecule has 0 spiro atoms. The minimum absolute atomic E-state index is 0.0948. The monoisotopic (exact) mass is 491 g/mol. The number of carboxylic acids is 1. The number of fused-ring (bicyclic) bond motifs is 1. The second kappa shape index (κ2) is 9.67. The maximum Gasteiger partial charge on any atom is 0.408 e. The number of nitrogens with one attached hydrogen (secondary N) is 2. The third kappa shape index (κ3) is 4.90. The van der Waals surface area contributed by atoms with Crippen molar-refractivity contribution in [1.29, 1.82) is 0 Å². The maximum atomic E-state index is 13.5. The zero-order valence-corrected chi connectivity index (χ0v) is 20.5. The molecule has 2 unspecified atom stereocenters. The quantitative estimate of drug-likeness (QED) is 0.391. The Morgan fingerprint density at radius 3 is 2.47 bits per heavy atom.